The fraction of sp³-hybridized carbons (Fsp3) is 0.200. The summed E-state index contributed by atoms with van der Waals surface area (Å²) in [5.74, 6) is -0.532. The van der Waals surface area contributed by atoms with Crippen LogP contribution in [0.15, 0.2) is 36.4 Å². The summed E-state index contributed by atoms with van der Waals surface area (Å²) in [7, 11) is 0. The molecule has 0 unspecified atom stereocenters. The first-order valence-corrected chi connectivity index (χ1v) is 6.51. The number of aryl methyl sites for hydroxylation is 1. The van der Waals surface area contributed by atoms with E-state index in [1.807, 2.05) is 0 Å². The van der Waals surface area contributed by atoms with E-state index in [4.69, 9.17) is 11.6 Å². The van der Waals surface area contributed by atoms with E-state index < -0.39 is 17.6 Å². The summed E-state index contributed by atoms with van der Waals surface area (Å²) in [4.78, 5) is 0. The molecule has 2 aromatic rings. The number of hydrogen-bond acceptors (Lipinski definition) is 1. The number of halogens is 5. The third-order valence-electron chi connectivity index (χ3n) is 3.03. The summed E-state index contributed by atoms with van der Waals surface area (Å²) in [5, 5.41) is 2.89. The van der Waals surface area contributed by atoms with E-state index in [9.17, 15) is 17.6 Å². The van der Waals surface area contributed by atoms with Crippen molar-refractivity contribution in [2.45, 2.75) is 19.6 Å². The van der Waals surface area contributed by atoms with Gasteiger partial charge in [0.1, 0.15) is 5.82 Å². The summed E-state index contributed by atoms with van der Waals surface area (Å²) >= 11 is 5.66. The summed E-state index contributed by atoms with van der Waals surface area (Å²) in [5.41, 5.74) is 1.03. The van der Waals surface area contributed by atoms with Crippen LogP contribution in [-0.2, 0) is 12.7 Å². The number of benzene rings is 2. The topological polar surface area (TPSA) is 12.0 Å². The number of nitrogens with one attached hydrogen (secondary N) is 1. The second kappa shape index (κ2) is 5.93. The van der Waals surface area contributed by atoms with Gasteiger partial charge in [-0.25, -0.2) is 4.39 Å². The molecule has 0 aliphatic carbocycles. The maximum Gasteiger partial charge on any atom is 0.416 e. The van der Waals surface area contributed by atoms with E-state index in [-0.39, 0.29) is 11.6 Å². The van der Waals surface area contributed by atoms with Crippen LogP contribution in [0.4, 0.5) is 23.2 Å². The van der Waals surface area contributed by atoms with E-state index in [1.54, 1.807) is 6.92 Å². The van der Waals surface area contributed by atoms with E-state index in [0.29, 0.717) is 16.8 Å². The Kier molecular flexibility index (Phi) is 4.42. The van der Waals surface area contributed by atoms with Gasteiger partial charge in [0.25, 0.3) is 0 Å². The van der Waals surface area contributed by atoms with Gasteiger partial charge in [0.2, 0.25) is 0 Å². The Hall–Kier alpha value is -1.75. The van der Waals surface area contributed by atoms with Gasteiger partial charge >= 0.3 is 6.18 Å². The third-order valence-corrected chi connectivity index (χ3v) is 3.32. The molecule has 0 aliphatic rings. The van der Waals surface area contributed by atoms with Gasteiger partial charge in [0.05, 0.1) is 10.6 Å². The van der Waals surface area contributed by atoms with Gasteiger partial charge in [-0.2, -0.15) is 13.2 Å². The fourth-order valence-corrected chi connectivity index (χ4v) is 2.04. The van der Waals surface area contributed by atoms with Crippen LogP contribution in [0.3, 0.4) is 0 Å². The average Bonchev–Trinajstić information content (AvgIpc) is 2.40. The Morgan fingerprint density at radius 3 is 2.43 bits per heavy atom. The predicted octanol–water partition coefficient (Wildman–Crippen LogP) is 5.42. The first-order valence-electron chi connectivity index (χ1n) is 6.13. The molecule has 0 spiro atoms. The lowest BCUT2D eigenvalue weighted by molar-refractivity contribution is -0.137. The molecule has 0 fully saturated rings. The zero-order valence-electron chi connectivity index (χ0n) is 11.1. The maximum atomic E-state index is 13.0. The van der Waals surface area contributed by atoms with Gasteiger partial charge in [0, 0.05) is 12.2 Å². The highest BCUT2D eigenvalue weighted by molar-refractivity contribution is 6.30. The first kappa shape index (κ1) is 15.6. The highest BCUT2D eigenvalue weighted by Gasteiger charge is 2.30. The highest BCUT2D eigenvalue weighted by atomic mass is 35.5. The first-order chi connectivity index (χ1) is 9.77. The summed E-state index contributed by atoms with van der Waals surface area (Å²) < 4.78 is 51.1. The van der Waals surface area contributed by atoms with E-state index in [1.165, 1.54) is 24.3 Å². The van der Waals surface area contributed by atoms with Gasteiger partial charge in [0.15, 0.2) is 0 Å². The molecule has 0 bridgehead atoms. The fourth-order valence-electron chi connectivity index (χ4n) is 1.84. The second-order valence-corrected chi connectivity index (χ2v) is 5.04. The molecule has 6 heteroatoms. The number of rotatable bonds is 3. The number of alkyl halides is 3. The van der Waals surface area contributed by atoms with Crippen molar-refractivity contribution in [3.63, 3.8) is 0 Å². The SMILES string of the molecule is Cc1ccc(C(F)(F)F)cc1NCc1ccc(F)c(Cl)c1. The molecule has 0 saturated carbocycles. The normalized spacial score (nSPS) is 11.5. The predicted molar refractivity (Wildman–Crippen MR) is 74.9 cm³/mol. The largest absolute Gasteiger partial charge is 0.416 e. The van der Waals surface area contributed by atoms with Gasteiger partial charge in [-0.1, -0.05) is 23.7 Å². The van der Waals surface area contributed by atoms with E-state index >= 15 is 0 Å². The minimum absolute atomic E-state index is 0.0185. The van der Waals surface area contributed by atoms with Gasteiger partial charge in [-0.3, -0.25) is 0 Å². The molecule has 0 radical (unpaired) electrons. The molecule has 112 valence electrons. The lowest BCUT2D eigenvalue weighted by Crippen LogP contribution is -2.07. The van der Waals surface area contributed by atoms with Crippen molar-refractivity contribution < 1.29 is 17.6 Å². The van der Waals surface area contributed by atoms with Crippen molar-refractivity contribution in [2.24, 2.45) is 0 Å². The zero-order valence-corrected chi connectivity index (χ0v) is 11.8. The van der Waals surface area contributed by atoms with Crippen molar-refractivity contribution >= 4 is 17.3 Å². The smallest absolute Gasteiger partial charge is 0.381 e. The lowest BCUT2D eigenvalue weighted by Gasteiger charge is -2.13. The van der Waals surface area contributed by atoms with Crippen molar-refractivity contribution in [2.75, 3.05) is 5.32 Å². The Morgan fingerprint density at radius 2 is 1.81 bits per heavy atom. The second-order valence-electron chi connectivity index (χ2n) is 4.63. The molecule has 2 rings (SSSR count). The van der Waals surface area contributed by atoms with Crippen molar-refractivity contribution in [3.05, 3.63) is 63.9 Å². The lowest BCUT2D eigenvalue weighted by atomic mass is 10.1. The van der Waals surface area contributed by atoms with Crippen molar-refractivity contribution in [3.8, 4) is 0 Å². The number of anilines is 1. The van der Waals surface area contributed by atoms with Crippen LogP contribution >= 0.6 is 11.6 Å². The molecule has 0 heterocycles. The monoisotopic (exact) mass is 317 g/mol. The van der Waals surface area contributed by atoms with E-state index in [0.717, 1.165) is 12.1 Å². The summed E-state index contributed by atoms with van der Waals surface area (Å²) in [6, 6.07) is 7.68. The average molecular weight is 318 g/mol. The van der Waals surface area contributed by atoms with Crippen LogP contribution in [0, 0.1) is 12.7 Å². The van der Waals surface area contributed by atoms with Crippen LogP contribution in [0.1, 0.15) is 16.7 Å². The molecule has 0 aromatic heterocycles. The summed E-state index contributed by atoms with van der Waals surface area (Å²) in [6.07, 6.45) is -4.39. The van der Waals surface area contributed by atoms with Crippen LogP contribution < -0.4 is 5.32 Å². The Bertz CT molecular complexity index is 653. The molecule has 21 heavy (non-hydrogen) atoms. The van der Waals surface area contributed by atoms with Gasteiger partial charge < -0.3 is 5.32 Å². The Balaban J connectivity index is 2.17. The van der Waals surface area contributed by atoms with Crippen LogP contribution in [0.5, 0.6) is 0 Å². The standard InChI is InChI=1S/C15H12ClF4N/c1-9-2-4-11(15(18,19)20)7-14(9)21-8-10-3-5-13(17)12(16)6-10/h2-7,21H,8H2,1H3. The molecule has 2 aromatic carbocycles. The van der Waals surface area contributed by atoms with Crippen LogP contribution in [0.25, 0.3) is 0 Å². The molecule has 0 atom stereocenters. The van der Waals surface area contributed by atoms with Crippen molar-refractivity contribution in [1.82, 2.24) is 0 Å². The quantitative estimate of drug-likeness (QED) is 0.745. The molecular weight excluding hydrogens is 306 g/mol. The van der Waals surface area contributed by atoms with Gasteiger partial charge in [-0.05, 0) is 42.3 Å². The van der Waals surface area contributed by atoms with Crippen LogP contribution in [0.2, 0.25) is 5.02 Å². The van der Waals surface area contributed by atoms with Crippen LogP contribution in [-0.4, -0.2) is 0 Å². The Morgan fingerprint density at radius 1 is 1.10 bits per heavy atom. The highest BCUT2D eigenvalue weighted by Crippen LogP contribution is 2.32. The summed E-state index contributed by atoms with van der Waals surface area (Å²) in [6.45, 7) is 1.96. The van der Waals surface area contributed by atoms with Gasteiger partial charge in [-0.15, -0.1) is 0 Å². The molecule has 1 N–H and O–H groups in total. The maximum absolute atomic E-state index is 13.0. The molecule has 0 saturated heterocycles. The molecular formula is C15H12ClF4N. The molecule has 0 aliphatic heterocycles. The Labute approximate surface area is 124 Å². The van der Waals surface area contributed by atoms with E-state index in [2.05, 4.69) is 5.32 Å². The minimum atomic E-state index is -4.39. The minimum Gasteiger partial charge on any atom is -0.381 e. The number of hydrogen-bond donors (Lipinski definition) is 1. The molecule has 0 amide bonds. The molecule has 1 nitrogen and oxygen atoms in total. The zero-order chi connectivity index (χ0) is 15.6. The van der Waals surface area contributed by atoms with Crippen molar-refractivity contribution in [1.29, 1.82) is 0 Å². The third kappa shape index (κ3) is 3.88.